The van der Waals surface area contributed by atoms with E-state index in [0.29, 0.717) is 12.1 Å². The maximum absolute atomic E-state index is 9.85. The molecule has 0 aliphatic carbocycles. The van der Waals surface area contributed by atoms with E-state index in [4.69, 9.17) is 0 Å². The zero-order chi connectivity index (χ0) is 12.0. The molecule has 2 atom stereocenters. The van der Waals surface area contributed by atoms with Crippen molar-refractivity contribution in [2.24, 2.45) is 0 Å². The van der Waals surface area contributed by atoms with Crippen LogP contribution in [0.5, 0.6) is 0 Å². The highest BCUT2D eigenvalue weighted by Gasteiger charge is 2.40. The number of aryl methyl sites for hydroxylation is 2. The SMILES string of the molecule is Cc1ccc(C)c(N2C3CCC2CC(O)C3)c1. The fourth-order valence-electron chi connectivity index (χ4n) is 3.54. The van der Waals surface area contributed by atoms with E-state index in [2.05, 4.69) is 36.9 Å². The first-order valence-corrected chi connectivity index (χ1v) is 6.69. The molecular weight excluding hydrogens is 210 g/mol. The number of rotatable bonds is 1. The minimum Gasteiger partial charge on any atom is -0.393 e. The average molecular weight is 231 g/mol. The molecule has 0 aromatic heterocycles. The van der Waals surface area contributed by atoms with Gasteiger partial charge in [0, 0.05) is 17.8 Å². The van der Waals surface area contributed by atoms with Crippen LogP contribution in [0.4, 0.5) is 5.69 Å². The minimum absolute atomic E-state index is 0.0751. The van der Waals surface area contributed by atoms with Gasteiger partial charge in [-0.1, -0.05) is 12.1 Å². The Morgan fingerprint density at radius 3 is 2.41 bits per heavy atom. The summed E-state index contributed by atoms with van der Waals surface area (Å²) >= 11 is 0. The zero-order valence-corrected chi connectivity index (χ0v) is 10.7. The van der Waals surface area contributed by atoms with Crippen molar-refractivity contribution in [2.45, 2.75) is 57.7 Å². The Morgan fingerprint density at radius 2 is 1.76 bits per heavy atom. The standard InChI is InChI=1S/C15H21NO/c1-10-3-4-11(2)15(7-10)16-12-5-6-13(16)9-14(17)8-12/h3-4,7,12-14,17H,5-6,8-9H2,1-2H3. The van der Waals surface area contributed by atoms with Crippen LogP contribution in [-0.4, -0.2) is 23.3 Å². The molecule has 0 radical (unpaired) electrons. The van der Waals surface area contributed by atoms with Gasteiger partial charge in [0.1, 0.15) is 0 Å². The van der Waals surface area contributed by atoms with E-state index in [1.807, 2.05) is 0 Å². The minimum atomic E-state index is -0.0751. The third kappa shape index (κ3) is 1.85. The molecular formula is C15H21NO. The maximum atomic E-state index is 9.85. The first kappa shape index (κ1) is 11.1. The molecule has 2 saturated heterocycles. The van der Waals surface area contributed by atoms with Gasteiger partial charge in [0.05, 0.1) is 6.10 Å². The highest BCUT2D eigenvalue weighted by Crippen LogP contribution is 2.40. The molecule has 2 fully saturated rings. The van der Waals surface area contributed by atoms with Crippen LogP contribution in [0.15, 0.2) is 18.2 Å². The quantitative estimate of drug-likeness (QED) is 0.803. The fraction of sp³-hybridized carbons (Fsp3) is 0.600. The van der Waals surface area contributed by atoms with Crippen molar-refractivity contribution in [3.63, 3.8) is 0 Å². The summed E-state index contributed by atoms with van der Waals surface area (Å²) in [7, 11) is 0. The molecule has 2 aliphatic heterocycles. The van der Waals surface area contributed by atoms with Crippen molar-refractivity contribution in [2.75, 3.05) is 4.90 Å². The molecule has 2 aliphatic rings. The summed E-state index contributed by atoms with van der Waals surface area (Å²) in [4.78, 5) is 2.58. The Bertz CT molecular complexity index is 415. The van der Waals surface area contributed by atoms with E-state index in [0.717, 1.165) is 12.8 Å². The van der Waals surface area contributed by atoms with E-state index in [1.54, 1.807) is 0 Å². The molecule has 1 N–H and O–H groups in total. The van der Waals surface area contributed by atoms with Crippen molar-refractivity contribution in [3.05, 3.63) is 29.3 Å². The molecule has 1 aromatic rings. The zero-order valence-electron chi connectivity index (χ0n) is 10.7. The molecule has 2 nitrogen and oxygen atoms in total. The summed E-state index contributed by atoms with van der Waals surface area (Å²) < 4.78 is 0. The lowest BCUT2D eigenvalue weighted by molar-refractivity contribution is 0.126. The molecule has 1 aromatic carbocycles. The van der Waals surface area contributed by atoms with Crippen molar-refractivity contribution in [3.8, 4) is 0 Å². The van der Waals surface area contributed by atoms with Crippen LogP contribution >= 0.6 is 0 Å². The van der Waals surface area contributed by atoms with E-state index >= 15 is 0 Å². The van der Waals surface area contributed by atoms with Gasteiger partial charge in [0.25, 0.3) is 0 Å². The van der Waals surface area contributed by atoms with Crippen LogP contribution in [0.3, 0.4) is 0 Å². The number of benzene rings is 1. The summed E-state index contributed by atoms with van der Waals surface area (Å²) in [6, 6.07) is 7.82. The van der Waals surface area contributed by atoms with Gasteiger partial charge in [-0.15, -0.1) is 0 Å². The van der Waals surface area contributed by atoms with Crippen molar-refractivity contribution in [1.29, 1.82) is 0 Å². The second kappa shape index (κ2) is 4.02. The number of aliphatic hydroxyl groups is 1. The van der Waals surface area contributed by atoms with Gasteiger partial charge < -0.3 is 10.0 Å². The van der Waals surface area contributed by atoms with E-state index in [9.17, 15) is 5.11 Å². The number of nitrogens with zero attached hydrogens (tertiary/aromatic N) is 1. The van der Waals surface area contributed by atoms with Gasteiger partial charge in [0.15, 0.2) is 0 Å². The first-order chi connectivity index (χ1) is 8.15. The normalized spacial score (nSPS) is 31.9. The number of anilines is 1. The summed E-state index contributed by atoms with van der Waals surface area (Å²) in [6.45, 7) is 4.35. The topological polar surface area (TPSA) is 23.5 Å². The van der Waals surface area contributed by atoms with Gasteiger partial charge >= 0.3 is 0 Å². The molecule has 0 amide bonds. The van der Waals surface area contributed by atoms with Gasteiger partial charge in [0.2, 0.25) is 0 Å². The molecule has 17 heavy (non-hydrogen) atoms. The molecule has 92 valence electrons. The molecule has 2 unspecified atom stereocenters. The summed E-state index contributed by atoms with van der Waals surface area (Å²) in [5.74, 6) is 0. The van der Waals surface area contributed by atoms with Crippen LogP contribution in [0.1, 0.15) is 36.8 Å². The second-order valence-corrected chi connectivity index (χ2v) is 5.71. The largest absolute Gasteiger partial charge is 0.393 e. The highest BCUT2D eigenvalue weighted by atomic mass is 16.3. The highest BCUT2D eigenvalue weighted by molar-refractivity contribution is 5.57. The summed E-state index contributed by atoms with van der Waals surface area (Å²) in [6.07, 6.45) is 4.31. The van der Waals surface area contributed by atoms with E-state index in [-0.39, 0.29) is 6.10 Å². The third-order valence-electron chi connectivity index (χ3n) is 4.35. The molecule has 3 rings (SSSR count). The van der Waals surface area contributed by atoms with E-state index < -0.39 is 0 Å². The third-order valence-corrected chi connectivity index (χ3v) is 4.35. The predicted octanol–water partition coefficient (Wildman–Crippen LogP) is 2.80. The molecule has 2 heteroatoms. The van der Waals surface area contributed by atoms with E-state index in [1.165, 1.54) is 29.7 Å². The number of aliphatic hydroxyl groups excluding tert-OH is 1. The monoisotopic (exact) mass is 231 g/mol. The first-order valence-electron chi connectivity index (χ1n) is 6.69. The van der Waals surface area contributed by atoms with Gasteiger partial charge in [-0.3, -0.25) is 0 Å². The Labute approximate surface area is 103 Å². The van der Waals surface area contributed by atoms with Crippen molar-refractivity contribution >= 4 is 5.69 Å². The molecule has 2 bridgehead atoms. The number of hydrogen-bond acceptors (Lipinski definition) is 2. The molecule has 0 saturated carbocycles. The van der Waals surface area contributed by atoms with Gasteiger partial charge in [-0.2, -0.15) is 0 Å². The number of hydrogen-bond donors (Lipinski definition) is 1. The van der Waals surface area contributed by atoms with Crippen molar-refractivity contribution in [1.82, 2.24) is 0 Å². The predicted molar refractivity (Wildman–Crippen MR) is 70.4 cm³/mol. The average Bonchev–Trinajstić information content (AvgIpc) is 2.54. The smallest absolute Gasteiger partial charge is 0.0579 e. The Morgan fingerprint density at radius 1 is 1.12 bits per heavy atom. The summed E-state index contributed by atoms with van der Waals surface area (Å²) in [5, 5.41) is 9.85. The number of fused-ring (bicyclic) bond motifs is 2. The number of piperidine rings is 1. The lowest BCUT2D eigenvalue weighted by Crippen LogP contribution is -2.45. The van der Waals surface area contributed by atoms with Crippen LogP contribution < -0.4 is 4.90 Å². The lowest BCUT2D eigenvalue weighted by Gasteiger charge is -2.40. The fourth-order valence-corrected chi connectivity index (χ4v) is 3.54. The van der Waals surface area contributed by atoms with Crippen LogP contribution in [0.25, 0.3) is 0 Å². The molecule has 2 heterocycles. The Kier molecular flexibility index (Phi) is 2.62. The summed E-state index contributed by atoms with van der Waals surface area (Å²) in [5.41, 5.74) is 4.09. The van der Waals surface area contributed by atoms with Gasteiger partial charge in [-0.05, 0) is 56.7 Å². The lowest BCUT2D eigenvalue weighted by atomic mass is 9.97. The Balaban J connectivity index is 1.97. The molecule has 0 spiro atoms. The second-order valence-electron chi connectivity index (χ2n) is 5.71. The van der Waals surface area contributed by atoms with Crippen LogP contribution in [0.2, 0.25) is 0 Å². The van der Waals surface area contributed by atoms with Crippen molar-refractivity contribution < 1.29 is 5.11 Å². The van der Waals surface area contributed by atoms with Crippen LogP contribution in [-0.2, 0) is 0 Å². The Hall–Kier alpha value is -1.02. The maximum Gasteiger partial charge on any atom is 0.0579 e. The van der Waals surface area contributed by atoms with Gasteiger partial charge in [-0.25, -0.2) is 0 Å². The van der Waals surface area contributed by atoms with Crippen LogP contribution in [0, 0.1) is 13.8 Å².